The highest BCUT2D eigenvalue weighted by Crippen LogP contribution is 2.14. The van der Waals surface area contributed by atoms with Crippen LogP contribution in [0.1, 0.15) is 10.4 Å². The fourth-order valence-corrected chi connectivity index (χ4v) is 1.97. The molecule has 0 radical (unpaired) electrons. The molecule has 0 aliphatic carbocycles. The van der Waals surface area contributed by atoms with Crippen LogP contribution in [-0.2, 0) is 0 Å². The molecule has 1 amide bonds. The van der Waals surface area contributed by atoms with E-state index in [4.69, 9.17) is 11.6 Å². The van der Waals surface area contributed by atoms with Crippen LogP contribution >= 0.6 is 11.6 Å². The van der Waals surface area contributed by atoms with E-state index in [0.717, 1.165) is 26.2 Å². The van der Waals surface area contributed by atoms with Crippen LogP contribution in [0.25, 0.3) is 0 Å². The number of likely N-dealkylation sites (N-methyl/N-ethyl adjacent to an activating group) is 1. The van der Waals surface area contributed by atoms with Gasteiger partial charge in [0.15, 0.2) is 0 Å². The smallest absolute Gasteiger partial charge is 0.268 e. The maximum atomic E-state index is 13.5. The summed E-state index contributed by atoms with van der Waals surface area (Å²) in [5, 5.41) is 2.14. The van der Waals surface area contributed by atoms with Crippen molar-refractivity contribution in [2.75, 3.05) is 33.2 Å². The van der Waals surface area contributed by atoms with Crippen molar-refractivity contribution in [1.82, 2.24) is 15.3 Å². The van der Waals surface area contributed by atoms with Crippen molar-refractivity contribution in [2.45, 2.75) is 0 Å². The van der Waals surface area contributed by atoms with Crippen molar-refractivity contribution in [2.24, 2.45) is 0 Å². The van der Waals surface area contributed by atoms with Crippen molar-refractivity contribution in [3.8, 4) is 0 Å². The number of carbonyl (C=O) groups is 1. The minimum Gasteiger partial charge on any atom is -0.304 e. The fraction of sp³-hybridized carbons (Fsp3) is 0.417. The Morgan fingerprint density at radius 1 is 1.33 bits per heavy atom. The Morgan fingerprint density at radius 3 is 2.67 bits per heavy atom. The van der Waals surface area contributed by atoms with E-state index in [1.807, 2.05) is 7.05 Å². The second-order valence-electron chi connectivity index (χ2n) is 4.36. The Kier molecular flexibility index (Phi) is 4.16. The number of hydrogen-bond donors (Lipinski definition) is 1. The summed E-state index contributed by atoms with van der Waals surface area (Å²) in [5.41, 5.74) is 2.67. The number of halogens is 2. The van der Waals surface area contributed by atoms with Crippen molar-refractivity contribution >= 4 is 17.5 Å². The van der Waals surface area contributed by atoms with E-state index in [1.165, 1.54) is 18.2 Å². The van der Waals surface area contributed by atoms with Crippen LogP contribution in [-0.4, -0.2) is 49.0 Å². The molecule has 2 rings (SSSR count). The van der Waals surface area contributed by atoms with Gasteiger partial charge in [-0.05, 0) is 25.2 Å². The molecule has 0 spiro atoms. The average molecular weight is 272 g/mol. The third kappa shape index (κ3) is 3.19. The second-order valence-corrected chi connectivity index (χ2v) is 4.79. The van der Waals surface area contributed by atoms with Gasteiger partial charge in [0.05, 0.1) is 5.56 Å². The molecule has 6 heteroatoms. The molecule has 0 unspecified atom stereocenters. The van der Waals surface area contributed by atoms with E-state index in [9.17, 15) is 9.18 Å². The topological polar surface area (TPSA) is 35.6 Å². The summed E-state index contributed by atoms with van der Waals surface area (Å²) in [4.78, 5) is 14.1. The molecule has 0 bridgehead atoms. The number of carbonyl (C=O) groups excluding carboxylic acids is 1. The van der Waals surface area contributed by atoms with Gasteiger partial charge in [0.1, 0.15) is 5.82 Å². The Labute approximate surface area is 110 Å². The van der Waals surface area contributed by atoms with Gasteiger partial charge in [0.2, 0.25) is 0 Å². The molecule has 18 heavy (non-hydrogen) atoms. The first-order chi connectivity index (χ1) is 8.56. The predicted molar refractivity (Wildman–Crippen MR) is 67.9 cm³/mol. The number of hydrogen-bond acceptors (Lipinski definition) is 3. The van der Waals surface area contributed by atoms with E-state index < -0.39 is 11.7 Å². The zero-order chi connectivity index (χ0) is 13.1. The van der Waals surface area contributed by atoms with E-state index in [2.05, 4.69) is 10.3 Å². The van der Waals surface area contributed by atoms with E-state index >= 15 is 0 Å². The Morgan fingerprint density at radius 2 is 2.00 bits per heavy atom. The molecule has 1 aromatic carbocycles. The highest BCUT2D eigenvalue weighted by molar-refractivity contribution is 6.30. The third-order valence-corrected chi connectivity index (χ3v) is 3.17. The van der Waals surface area contributed by atoms with Gasteiger partial charge in [-0.3, -0.25) is 10.2 Å². The Balaban J connectivity index is 2.01. The van der Waals surface area contributed by atoms with Crippen LogP contribution in [0.4, 0.5) is 4.39 Å². The lowest BCUT2D eigenvalue weighted by atomic mass is 10.2. The average Bonchev–Trinajstić information content (AvgIpc) is 2.35. The van der Waals surface area contributed by atoms with Crippen LogP contribution in [0, 0.1) is 5.82 Å². The first-order valence-corrected chi connectivity index (χ1v) is 6.13. The van der Waals surface area contributed by atoms with Crippen LogP contribution in [0.5, 0.6) is 0 Å². The standard InChI is InChI=1S/C12H15ClFN3O/c1-16-4-6-17(7-5-16)15-12(18)10-8-9(13)2-3-11(10)14/h2-3,8H,4-7H2,1H3,(H,15,18). The van der Waals surface area contributed by atoms with E-state index in [1.54, 1.807) is 5.01 Å². The first kappa shape index (κ1) is 13.3. The zero-order valence-corrected chi connectivity index (χ0v) is 10.9. The first-order valence-electron chi connectivity index (χ1n) is 5.76. The van der Waals surface area contributed by atoms with Crippen LogP contribution < -0.4 is 5.43 Å². The SMILES string of the molecule is CN1CCN(NC(=O)c2cc(Cl)ccc2F)CC1. The molecule has 1 aliphatic rings. The molecule has 4 nitrogen and oxygen atoms in total. The fourth-order valence-electron chi connectivity index (χ4n) is 1.79. The molecule has 1 heterocycles. The number of piperazine rings is 1. The predicted octanol–water partition coefficient (Wildman–Crippen LogP) is 1.37. The highest BCUT2D eigenvalue weighted by atomic mass is 35.5. The molecule has 1 fully saturated rings. The zero-order valence-electron chi connectivity index (χ0n) is 10.1. The third-order valence-electron chi connectivity index (χ3n) is 2.94. The molecule has 98 valence electrons. The molecule has 1 aromatic rings. The lowest BCUT2D eigenvalue weighted by molar-refractivity contribution is 0.0659. The maximum absolute atomic E-state index is 13.5. The minimum absolute atomic E-state index is 0.0265. The van der Waals surface area contributed by atoms with Gasteiger partial charge in [0.25, 0.3) is 5.91 Å². The van der Waals surface area contributed by atoms with Gasteiger partial charge in [-0.15, -0.1) is 0 Å². The lowest BCUT2D eigenvalue weighted by Gasteiger charge is -2.32. The van der Waals surface area contributed by atoms with Crippen molar-refractivity contribution in [1.29, 1.82) is 0 Å². The van der Waals surface area contributed by atoms with Crippen molar-refractivity contribution in [3.63, 3.8) is 0 Å². The summed E-state index contributed by atoms with van der Waals surface area (Å²) in [6.07, 6.45) is 0. The molecule has 0 aromatic heterocycles. The van der Waals surface area contributed by atoms with Crippen LogP contribution in [0.2, 0.25) is 5.02 Å². The summed E-state index contributed by atoms with van der Waals surface area (Å²) in [6.45, 7) is 3.20. The molecule has 1 saturated heterocycles. The summed E-state index contributed by atoms with van der Waals surface area (Å²) < 4.78 is 13.5. The summed E-state index contributed by atoms with van der Waals surface area (Å²) in [7, 11) is 2.02. The number of hydrazine groups is 1. The summed E-state index contributed by atoms with van der Waals surface area (Å²) in [5.74, 6) is -1.02. The van der Waals surface area contributed by atoms with Gasteiger partial charge in [-0.25, -0.2) is 9.40 Å². The van der Waals surface area contributed by atoms with Gasteiger partial charge in [0, 0.05) is 31.2 Å². The summed E-state index contributed by atoms with van der Waals surface area (Å²) >= 11 is 5.76. The number of rotatable bonds is 2. The molecule has 0 saturated carbocycles. The molecular weight excluding hydrogens is 257 g/mol. The lowest BCUT2D eigenvalue weighted by Crippen LogP contribution is -2.52. The molecule has 1 aliphatic heterocycles. The number of benzene rings is 1. The Bertz CT molecular complexity index is 447. The van der Waals surface area contributed by atoms with Crippen molar-refractivity contribution < 1.29 is 9.18 Å². The Hall–Kier alpha value is -1.17. The summed E-state index contributed by atoms with van der Waals surface area (Å²) in [6, 6.07) is 3.95. The van der Waals surface area contributed by atoms with Crippen molar-refractivity contribution in [3.05, 3.63) is 34.6 Å². The van der Waals surface area contributed by atoms with Gasteiger partial charge >= 0.3 is 0 Å². The number of nitrogens with one attached hydrogen (secondary N) is 1. The van der Waals surface area contributed by atoms with E-state index in [-0.39, 0.29) is 5.56 Å². The van der Waals surface area contributed by atoms with Gasteiger partial charge in [-0.2, -0.15) is 0 Å². The highest BCUT2D eigenvalue weighted by Gasteiger charge is 2.18. The van der Waals surface area contributed by atoms with E-state index in [0.29, 0.717) is 5.02 Å². The monoisotopic (exact) mass is 271 g/mol. The quantitative estimate of drug-likeness (QED) is 0.883. The molecule has 0 atom stereocenters. The molecular formula is C12H15ClFN3O. The van der Waals surface area contributed by atoms with Crippen LogP contribution in [0.15, 0.2) is 18.2 Å². The number of nitrogens with zero attached hydrogens (tertiary/aromatic N) is 2. The largest absolute Gasteiger partial charge is 0.304 e. The van der Waals surface area contributed by atoms with Gasteiger partial charge < -0.3 is 4.90 Å². The van der Waals surface area contributed by atoms with Gasteiger partial charge in [-0.1, -0.05) is 11.6 Å². The second kappa shape index (κ2) is 5.65. The number of amides is 1. The molecule has 1 N–H and O–H groups in total. The maximum Gasteiger partial charge on any atom is 0.268 e. The normalized spacial score (nSPS) is 17.7. The minimum atomic E-state index is -0.564. The van der Waals surface area contributed by atoms with Crippen LogP contribution in [0.3, 0.4) is 0 Å².